The van der Waals surface area contributed by atoms with Gasteiger partial charge in [0.15, 0.2) is 11.5 Å². The molecular weight excluding hydrogens is 464 g/mol. The van der Waals surface area contributed by atoms with Crippen LogP contribution in [0.5, 0.6) is 0 Å². The molecule has 0 bridgehead atoms. The standard InChI is InChI=1S/C28H30O8/c1-5-31-21-23(33-7-3)27(35-25(21)29,19-15-11-9-12-16-19)28(20-17-13-10-14-18-20)24(34-8-4)22(32-6-2)26(30)36-28/h9-18H,5-8H2,1-4H3/t27-,28+. The van der Waals surface area contributed by atoms with Crippen LogP contribution in [0.4, 0.5) is 0 Å². The van der Waals surface area contributed by atoms with Crippen molar-refractivity contribution >= 4 is 11.9 Å². The highest BCUT2D eigenvalue weighted by atomic mass is 16.7. The number of esters is 2. The van der Waals surface area contributed by atoms with Gasteiger partial charge in [-0.05, 0) is 27.7 Å². The summed E-state index contributed by atoms with van der Waals surface area (Å²) in [5.41, 5.74) is -2.62. The zero-order chi connectivity index (χ0) is 25.8. The molecule has 8 heteroatoms. The van der Waals surface area contributed by atoms with E-state index in [2.05, 4.69) is 0 Å². The molecule has 8 nitrogen and oxygen atoms in total. The van der Waals surface area contributed by atoms with Gasteiger partial charge in [0.2, 0.25) is 22.7 Å². The van der Waals surface area contributed by atoms with E-state index in [-0.39, 0.29) is 49.5 Å². The SMILES string of the molecule is CCOC1=C(OCC)[C@@](c2ccccc2)([C@]2(c3ccccc3)OC(=O)C(OCC)=C2OCC)OC1=O. The van der Waals surface area contributed by atoms with E-state index in [0.717, 1.165) is 0 Å². The second kappa shape index (κ2) is 10.4. The molecule has 0 fully saturated rings. The number of carbonyl (C=O) groups is 2. The molecule has 2 aliphatic rings. The zero-order valence-corrected chi connectivity index (χ0v) is 20.9. The first-order valence-electron chi connectivity index (χ1n) is 12.1. The second-order valence-corrected chi connectivity index (χ2v) is 7.92. The third-order valence-corrected chi connectivity index (χ3v) is 5.93. The first kappa shape index (κ1) is 25.2. The first-order chi connectivity index (χ1) is 17.5. The molecule has 2 atom stereocenters. The van der Waals surface area contributed by atoms with Gasteiger partial charge in [0.1, 0.15) is 0 Å². The minimum absolute atomic E-state index is 0.0877. The van der Waals surface area contributed by atoms with E-state index in [9.17, 15) is 9.59 Å². The lowest BCUT2D eigenvalue weighted by molar-refractivity contribution is -0.202. The number of cyclic esters (lactones) is 2. The number of rotatable bonds is 11. The third-order valence-electron chi connectivity index (χ3n) is 5.93. The smallest absolute Gasteiger partial charge is 0.378 e. The summed E-state index contributed by atoms with van der Waals surface area (Å²) in [6, 6.07) is 18.0. The van der Waals surface area contributed by atoms with E-state index < -0.39 is 23.1 Å². The average molecular weight is 495 g/mol. The predicted molar refractivity (Wildman–Crippen MR) is 129 cm³/mol. The van der Waals surface area contributed by atoms with Crippen molar-refractivity contribution in [3.8, 4) is 0 Å². The summed E-state index contributed by atoms with van der Waals surface area (Å²) in [5.74, 6) is -1.47. The van der Waals surface area contributed by atoms with Gasteiger partial charge in [-0.1, -0.05) is 60.7 Å². The summed E-state index contributed by atoms with van der Waals surface area (Å²) < 4.78 is 36.2. The molecule has 2 aromatic carbocycles. The molecule has 0 aliphatic carbocycles. The zero-order valence-electron chi connectivity index (χ0n) is 20.9. The van der Waals surface area contributed by atoms with Crippen molar-refractivity contribution in [2.24, 2.45) is 0 Å². The van der Waals surface area contributed by atoms with Gasteiger partial charge in [0, 0.05) is 11.1 Å². The van der Waals surface area contributed by atoms with E-state index in [1.807, 2.05) is 12.1 Å². The van der Waals surface area contributed by atoms with Crippen LogP contribution in [0.3, 0.4) is 0 Å². The molecular formula is C28H30O8. The monoisotopic (exact) mass is 494 g/mol. The van der Waals surface area contributed by atoms with Gasteiger partial charge in [0.25, 0.3) is 0 Å². The molecule has 2 aliphatic heterocycles. The maximum absolute atomic E-state index is 13.4. The minimum atomic E-state index is -1.81. The predicted octanol–water partition coefficient (Wildman–Crippen LogP) is 4.46. The van der Waals surface area contributed by atoms with E-state index in [1.54, 1.807) is 76.2 Å². The van der Waals surface area contributed by atoms with Crippen molar-refractivity contribution in [1.29, 1.82) is 0 Å². The fraction of sp³-hybridized carbons (Fsp3) is 0.357. The Kier molecular flexibility index (Phi) is 7.24. The Morgan fingerprint density at radius 2 is 0.889 bits per heavy atom. The molecule has 4 rings (SSSR count). The first-order valence-corrected chi connectivity index (χ1v) is 12.1. The number of benzene rings is 2. The molecule has 190 valence electrons. The van der Waals surface area contributed by atoms with Gasteiger partial charge in [-0.25, -0.2) is 9.59 Å². The van der Waals surface area contributed by atoms with Crippen LogP contribution in [0.1, 0.15) is 38.8 Å². The van der Waals surface area contributed by atoms with Gasteiger partial charge in [-0.15, -0.1) is 0 Å². The van der Waals surface area contributed by atoms with Crippen LogP contribution >= 0.6 is 0 Å². The van der Waals surface area contributed by atoms with Crippen LogP contribution in [-0.4, -0.2) is 38.4 Å². The topological polar surface area (TPSA) is 89.5 Å². The maximum atomic E-state index is 13.4. The second-order valence-electron chi connectivity index (χ2n) is 7.92. The molecule has 0 aromatic heterocycles. The maximum Gasteiger partial charge on any atom is 0.378 e. The third kappa shape index (κ3) is 3.68. The highest BCUT2D eigenvalue weighted by molar-refractivity contribution is 5.94. The molecule has 0 unspecified atom stereocenters. The Morgan fingerprint density at radius 1 is 0.556 bits per heavy atom. The van der Waals surface area contributed by atoms with Crippen LogP contribution in [0.25, 0.3) is 0 Å². The fourth-order valence-corrected chi connectivity index (χ4v) is 4.73. The quantitative estimate of drug-likeness (QED) is 0.423. The van der Waals surface area contributed by atoms with Crippen molar-refractivity contribution < 1.29 is 38.0 Å². The van der Waals surface area contributed by atoms with Crippen molar-refractivity contribution in [1.82, 2.24) is 0 Å². The summed E-state index contributed by atoms with van der Waals surface area (Å²) >= 11 is 0. The summed E-state index contributed by atoms with van der Waals surface area (Å²) in [6.07, 6.45) is 0. The van der Waals surface area contributed by atoms with E-state index in [4.69, 9.17) is 28.4 Å². The van der Waals surface area contributed by atoms with Crippen LogP contribution in [-0.2, 0) is 49.2 Å². The number of carbonyl (C=O) groups excluding carboxylic acids is 2. The van der Waals surface area contributed by atoms with Gasteiger partial charge in [-0.2, -0.15) is 0 Å². The highest BCUT2D eigenvalue weighted by Crippen LogP contribution is 2.61. The summed E-state index contributed by atoms with van der Waals surface area (Å²) in [7, 11) is 0. The molecule has 0 spiro atoms. The van der Waals surface area contributed by atoms with Crippen LogP contribution in [0.2, 0.25) is 0 Å². The van der Waals surface area contributed by atoms with Gasteiger partial charge < -0.3 is 28.4 Å². The molecule has 2 heterocycles. The van der Waals surface area contributed by atoms with Gasteiger partial charge >= 0.3 is 11.9 Å². The molecule has 36 heavy (non-hydrogen) atoms. The Morgan fingerprint density at radius 3 is 1.19 bits per heavy atom. The molecule has 0 N–H and O–H groups in total. The lowest BCUT2D eigenvalue weighted by atomic mass is 9.71. The van der Waals surface area contributed by atoms with Gasteiger partial charge in [-0.3, -0.25) is 0 Å². The van der Waals surface area contributed by atoms with Crippen molar-refractivity contribution in [3.05, 3.63) is 94.8 Å². The van der Waals surface area contributed by atoms with E-state index >= 15 is 0 Å². The Hall–Kier alpha value is -3.94. The van der Waals surface area contributed by atoms with E-state index in [1.165, 1.54) is 0 Å². The van der Waals surface area contributed by atoms with Gasteiger partial charge in [0.05, 0.1) is 26.4 Å². The normalized spacial score (nSPS) is 23.4. The molecule has 0 saturated heterocycles. The Labute approximate surface area is 210 Å². The van der Waals surface area contributed by atoms with Crippen LogP contribution in [0.15, 0.2) is 83.7 Å². The fourth-order valence-electron chi connectivity index (χ4n) is 4.73. The Bertz CT molecular complexity index is 1080. The van der Waals surface area contributed by atoms with Crippen molar-refractivity contribution in [2.75, 3.05) is 26.4 Å². The number of hydrogen-bond acceptors (Lipinski definition) is 8. The summed E-state index contributed by atoms with van der Waals surface area (Å²) in [6.45, 7) is 7.88. The molecule has 2 aromatic rings. The van der Waals surface area contributed by atoms with E-state index in [0.29, 0.717) is 11.1 Å². The summed E-state index contributed by atoms with van der Waals surface area (Å²) in [5, 5.41) is 0. The molecule has 0 radical (unpaired) electrons. The molecule has 0 amide bonds. The van der Waals surface area contributed by atoms with Crippen molar-refractivity contribution in [3.63, 3.8) is 0 Å². The summed E-state index contributed by atoms with van der Waals surface area (Å²) in [4.78, 5) is 26.8. The molecule has 0 saturated carbocycles. The average Bonchev–Trinajstić information content (AvgIpc) is 3.34. The van der Waals surface area contributed by atoms with Crippen molar-refractivity contribution in [2.45, 2.75) is 38.9 Å². The largest absolute Gasteiger partial charge is 0.490 e. The van der Waals surface area contributed by atoms with Crippen LogP contribution in [0, 0.1) is 0 Å². The lowest BCUT2D eigenvalue weighted by Gasteiger charge is -2.44. The minimum Gasteiger partial charge on any atom is -0.490 e. The highest BCUT2D eigenvalue weighted by Gasteiger charge is 2.74. The number of hydrogen-bond donors (Lipinski definition) is 0. The number of ether oxygens (including phenoxy) is 6. The van der Waals surface area contributed by atoms with Crippen LogP contribution < -0.4 is 0 Å². The lowest BCUT2D eigenvalue weighted by Crippen LogP contribution is -2.54. The Balaban J connectivity index is 2.19.